The second-order valence-electron chi connectivity index (χ2n) is 6.69. The molecule has 0 saturated heterocycles. The summed E-state index contributed by atoms with van der Waals surface area (Å²) in [4.78, 5) is 17.2. The molecule has 1 aromatic heterocycles. The maximum absolute atomic E-state index is 12.5. The number of nitrogens with zero attached hydrogens (tertiary/aromatic N) is 1. The van der Waals surface area contributed by atoms with Crippen LogP contribution < -0.4 is 10.1 Å². The van der Waals surface area contributed by atoms with E-state index < -0.39 is 0 Å². The van der Waals surface area contributed by atoms with Crippen LogP contribution in [0.1, 0.15) is 15.9 Å². The number of rotatable bonds is 6. The molecule has 0 bridgehead atoms. The van der Waals surface area contributed by atoms with Crippen molar-refractivity contribution < 1.29 is 9.53 Å². The molecule has 0 aliphatic heterocycles. The first-order chi connectivity index (χ1) is 14.0. The standard InChI is InChI=1S/C23H19BrN2O2S/c1-14-3-9-19-22(11-14)29-23(26-19)15-4-7-17(8-5-15)25-13-20(27)16-6-10-21(28-2)18(24)12-16/h3-12,25H,13H2,1-2H3. The van der Waals surface area contributed by atoms with Crippen LogP contribution in [0, 0.1) is 6.92 Å². The first-order valence-electron chi connectivity index (χ1n) is 9.12. The highest BCUT2D eigenvalue weighted by molar-refractivity contribution is 9.10. The summed E-state index contributed by atoms with van der Waals surface area (Å²) in [5.41, 5.74) is 4.85. The lowest BCUT2D eigenvalue weighted by atomic mass is 10.1. The number of carbonyl (C=O) groups excluding carboxylic acids is 1. The lowest BCUT2D eigenvalue weighted by Gasteiger charge is -2.08. The summed E-state index contributed by atoms with van der Waals surface area (Å²) in [6.07, 6.45) is 0. The van der Waals surface area contributed by atoms with E-state index in [1.807, 2.05) is 24.3 Å². The van der Waals surface area contributed by atoms with Crippen LogP contribution in [0.4, 0.5) is 5.69 Å². The second kappa shape index (κ2) is 8.35. The molecule has 0 saturated carbocycles. The van der Waals surface area contributed by atoms with E-state index in [9.17, 15) is 4.79 Å². The van der Waals surface area contributed by atoms with Gasteiger partial charge >= 0.3 is 0 Å². The first kappa shape index (κ1) is 19.6. The van der Waals surface area contributed by atoms with Crippen molar-refractivity contribution in [2.45, 2.75) is 6.92 Å². The van der Waals surface area contributed by atoms with Crippen molar-refractivity contribution in [1.82, 2.24) is 4.98 Å². The van der Waals surface area contributed by atoms with Crippen molar-refractivity contribution in [3.8, 4) is 16.3 Å². The average Bonchev–Trinajstić information content (AvgIpc) is 3.15. The van der Waals surface area contributed by atoms with E-state index in [0.29, 0.717) is 11.3 Å². The van der Waals surface area contributed by atoms with Crippen LogP contribution in [0.5, 0.6) is 5.75 Å². The van der Waals surface area contributed by atoms with Crippen molar-refractivity contribution in [3.63, 3.8) is 0 Å². The van der Waals surface area contributed by atoms with E-state index in [4.69, 9.17) is 9.72 Å². The Morgan fingerprint density at radius 1 is 1.10 bits per heavy atom. The van der Waals surface area contributed by atoms with Gasteiger partial charge in [-0.25, -0.2) is 4.98 Å². The van der Waals surface area contributed by atoms with Crippen molar-refractivity contribution in [2.75, 3.05) is 19.0 Å². The summed E-state index contributed by atoms with van der Waals surface area (Å²) in [6.45, 7) is 2.31. The molecule has 1 N–H and O–H groups in total. The number of hydrogen-bond donors (Lipinski definition) is 1. The van der Waals surface area contributed by atoms with E-state index in [2.05, 4.69) is 46.4 Å². The zero-order chi connectivity index (χ0) is 20.4. The monoisotopic (exact) mass is 466 g/mol. The van der Waals surface area contributed by atoms with Gasteiger partial charge < -0.3 is 10.1 Å². The zero-order valence-corrected chi connectivity index (χ0v) is 18.4. The van der Waals surface area contributed by atoms with Gasteiger partial charge in [0.2, 0.25) is 0 Å². The number of benzene rings is 3. The average molecular weight is 467 g/mol. The molecule has 0 fully saturated rings. The maximum atomic E-state index is 12.5. The SMILES string of the molecule is COc1ccc(C(=O)CNc2ccc(-c3nc4ccc(C)cc4s3)cc2)cc1Br. The van der Waals surface area contributed by atoms with Crippen molar-refractivity contribution in [1.29, 1.82) is 0 Å². The number of fused-ring (bicyclic) bond motifs is 1. The van der Waals surface area contributed by atoms with Gasteiger partial charge in [-0.05, 0) is 83.0 Å². The summed E-state index contributed by atoms with van der Waals surface area (Å²) in [5.74, 6) is 0.717. The predicted octanol–water partition coefficient (Wildman–Crippen LogP) is 6.34. The third-order valence-electron chi connectivity index (χ3n) is 4.60. The molecule has 0 amide bonds. The van der Waals surface area contributed by atoms with Crippen LogP contribution in [0.2, 0.25) is 0 Å². The summed E-state index contributed by atoms with van der Waals surface area (Å²) >= 11 is 5.11. The summed E-state index contributed by atoms with van der Waals surface area (Å²) in [5, 5.41) is 4.19. The Kier molecular flexibility index (Phi) is 5.65. The number of hydrogen-bond acceptors (Lipinski definition) is 5. The molecular weight excluding hydrogens is 448 g/mol. The molecular formula is C23H19BrN2O2S. The number of ketones is 1. The van der Waals surface area contributed by atoms with Crippen LogP contribution in [-0.2, 0) is 0 Å². The molecule has 0 aliphatic carbocycles. The molecule has 146 valence electrons. The quantitative estimate of drug-likeness (QED) is 0.337. The summed E-state index contributed by atoms with van der Waals surface area (Å²) in [6, 6.07) is 19.6. The highest BCUT2D eigenvalue weighted by Gasteiger charge is 2.10. The number of nitrogens with one attached hydrogen (secondary N) is 1. The topological polar surface area (TPSA) is 51.2 Å². The third kappa shape index (κ3) is 4.33. The van der Waals surface area contributed by atoms with Crippen molar-refractivity contribution >= 4 is 49.0 Å². The number of halogens is 1. The maximum Gasteiger partial charge on any atom is 0.181 e. The Bertz CT molecular complexity index is 1190. The van der Waals surface area contributed by atoms with Crippen molar-refractivity contribution in [2.24, 2.45) is 0 Å². The fourth-order valence-corrected chi connectivity index (χ4v) is 4.62. The van der Waals surface area contributed by atoms with E-state index >= 15 is 0 Å². The minimum absolute atomic E-state index is 0.0129. The Hall–Kier alpha value is -2.70. The summed E-state index contributed by atoms with van der Waals surface area (Å²) < 4.78 is 7.16. The van der Waals surface area contributed by atoms with Gasteiger partial charge in [0.05, 0.1) is 28.3 Å². The first-order valence-corrected chi connectivity index (χ1v) is 10.7. The Labute approximate surface area is 181 Å². The number of carbonyl (C=O) groups is 1. The fourth-order valence-electron chi connectivity index (χ4n) is 3.01. The second-order valence-corrected chi connectivity index (χ2v) is 8.58. The van der Waals surface area contributed by atoms with Crippen molar-refractivity contribution in [3.05, 3.63) is 76.3 Å². The van der Waals surface area contributed by atoms with Crippen LogP contribution in [-0.4, -0.2) is 24.4 Å². The van der Waals surface area contributed by atoms with E-state index in [0.717, 1.165) is 26.2 Å². The molecule has 1 heterocycles. The van der Waals surface area contributed by atoms with E-state index in [1.54, 1.807) is 36.6 Å². The number of methoxy groups -OCH3 is 1. The molecule has 0 radical (unpaired) electrons. The molecule has 3 aromatic carbocycles. The lowest BCUT2D eigenvalue weighted by molar-refractivity contribution is 0.101. The number of aromatic nitrogens is 1. The Morgan fingerprint density at radius 3 is 2.62 bits per heavy atom. The number of ether oxygens (including phenoxy) is 1. The lowest BCUT2D eigenvalue weighted by Crippen LogP contribution is -2.14. The number of Topliss-reactive ketones (excluding diaryl/α,β-unsaturated/α-hetero) is 1. The van der Waals surface area contributed by atoms with Crippen LogP contribution in [0.15, 0.2) is 65.1 Å². The summed E-state index contributed by atoms with van der Waals surface area (Å²) in [7, 11) is 1.60. The predicted molar refractivity (Wildman–Crippen MR) is 123 cm³/mol. The fraction of sp³-hybridized carbons (Fsp3) is 0.130. The van der Waals surface area contributed by atoms with Gasteiger partial charge in [-0.3, -0.25) is 4.79 Å². The molecule has 4 aromatic rings. The van der Waals surface area contributed by atoms with Gasteiger partial charge in [-0.15, -0.1) is 11.3 Å². The van der Waals surface area contributed by atoms with Gasteiger partial charge in [0.1, 0.15) is 10.8 Å². The molecule has 6 heteroatoms. The minimum atomic E-state index is 0.0129. The molecule has 4 nitrogen and oxygen atoms in total. The molecule has 29 heavy (non-hydrogen) atoms. The van der Waals surface area contributed by atoms with Gasteiger partial charge in [-0.1, -0.05) is 6.07 Å². The normalized spacial score (nSPS) is 10.9. The van der Waals surface area contributed by atoms with Crippen LogP contribution >= 0.6 is 27.3 Å². The number of anilines is 1. The Morgan fingerprint density at radius 2 is 1.90 bits per heavy atom. The third-order valence-corrected chi connectivity index (χ3v) is 6.29. The largest absolute Gasteiger partial charge is 0.496 e. The molecule has 0 unspecified atom stereocenters. The minimum Gasteiger partial charge on any atom is -0.496 e. The number of thiazole rings is 1. The molecule has 0 spiro atoms. The van der Waals surface area contributed by atoms with Gasteiger partial charge in [0.25, 0.3) is 0 Å². The smallest absolute Gasteiger partial charge is 0.181 e. The van der Waals surface area contributed by atoms with Gasteiger partial charge in [0, 0.05) is 16.8 Å². The number of aryl methyl sites for hydroxylation is 1. The van der Waals surface area contributed by atoms with E-state index in [-0.39, 0.29) is 12.3 Å². The highest BCUT2D eigenvalue weighted by atomic mass is 79.9. The van der Waals surface area contributed by atoms with Crippen LogP contribution in [0.25, 0.3) is 20.8 Å². The zero-order valence-electron chi connectivity index (χ0n) is 16.0. The Balaban J connectivity index is 1.44. The van der Waals surface area contributed by atoms with Crippen LogP contribution in [0.3, 0.4) is 0 Å². The van der Waals surface area contributed by atoms with E-state index in [1.165, 1.54) is 10.3 Å². The molecule has 4 rings (SSSR count). The van der Waals surface area contributed by atoms with Gasteiger partial charge in [0.15, 0.2) is 5.78 Å². The molecule has 0 aliphatic rings. The van der Waals surface area contributed by atoms with Gasteiger partial charge in [-0.2, -0.15) is 0 Å². The highest BCUT2D eigenvalue weighted by Crippen LogP contribution is 2.31. The molecule has 0 atom stereocenters.